The van der Waals surface area contributed by atoms with E-state index in [1.165, 1.54) is 5.69 Å². The number of anilines is 1. The fraction of sp³-hybridized carbons (Fsp3) is 0.533. The summed E-state index contributed by atoms with van der Waals surface area (Å²) in [6.07, 6.45) is 1.99. The molecule has 104 valence electrons. The lowest BCUT2D eigenvalue weighted by atomic mass is 10.1. The number of carboxylic acids is 1. The van der Waals surface area contributed by atoms with Crippen LogP contribution in [0.5, 0.6) is 0 Å². The number of hydrogen-bond acceptors (Lipinski definition) is 3. The first-order valence-corrected chi connectivity index (χ1v) is 6.93. The van der Waals surface area contributed by atoms with Crippen LogP contribution in [0.2, 0.25) is 0 Å². The first-order valence-electron chi connectivity index (χ1n) is 6.93. The van der Waals surface area contributed by atoms with Crippen LogP contribution < -0.4 is 10.2 Å². The van der Waals surface area contributed by atoms with Gasteiger partial charge < -0.3 is 15.3 Å². The van der Waals surface area contributed by atoms with Crippen LogP contribution in [-0.4, -0.2) is 36.2 Å². The fourth-order valence-corrected chi connectivity index (χ4v) is 2.57. The predicted molar refractivity (Wildman–Crippen MR) is 76.5 cm³/mol. The topological polar surface area (TPSA) is 52.6 Å². The zero-order chi connectivity index (χ0) is 13.7. The lowest BCUT2D eigenvalue weighted by Gasteiger charge is -2.31. The standard InChI is InChI=1S/C15H22N2O2/c1-12-9-10-17(13-5-3-2-4-6-13)14(11-16-12)7-8-15(18)19/h2-6,12,14,16H,7-11H2,1H3,(H,18,19). The van der Waals surface area contributed by atoms with Crippen molar-refractivity contribution in [3.8, 4) is 0 Å². The molecule has 4 heteroatoms. The Kier molecular flexibility index (Phi) is 4.80. The molecular formula is C15H22N2O2. The van der Waals surface area contributed by atoms with E-state index in [1.807, 2.05) is 18.2 Å². The second kappa shape index (κ2) is 6.57. The van der Waals surface area contributed by atoms with Gasteiger partial charge in [-0.3, -0.25) is 4.79 Å². The summed E-state index contributed by atoms with van der Waals surface area (Å²) >= 11 is 0. The molecule has 1 aliphatic heterocycles. The summed E-state index contributed by atoms with van der Waals surface area (Å²) in [5, 5.41) is 12.4. The van der Waals surface area contributed by atoms with Crippen molar-refractivity contribution in [3.63, 3.8) is 0 Å². The maximum atomic E-state index is 10.8. The van der Waals surface area contributed by atoms with Crippen molar-refractivity contribution in [2.75, 3.05) is 18.0 Å². The van der Waals surface area contributed by atoms with Crippen molar-refractivity contribution < 1.29 is 9.90 Å². The van der Waals surface area contributed by atoms with Crippen molar-refractivity contribution in [2.45, 2.75) is 38.3 Å². The number of carbonyl (C=O) groups is 1. The number of carboxylic acid groups (broad SMARTS) is 1. The molecule has 1 heterocycles. The minimum atomic E-state index is -0.717. The molecule has 1 aliphatic rings. The van der Waals surface area contributed by atoms with E-state index in [2.05, 4.69) is 29.3 Å². The van der Waals surface area contributed by atoms with Gasteiger partial charge in [-0.15, -0.1) is 0 Å². The lowest BCUT2D eigenvalue weighted by molar-refractivity contribution is -0.137. The smallest absolute Gasteiger partial charge is 0.303 e. The maximum Gasteiger partial charge on any atom is 0.303 e. The molecule has 1 aromatic rings. The van der Waals surface area contributed by atoms with Crippen LogP contribution in [0, 0.1) is 0 Å². The quantitative estimate of drug-likeness (QED) is 0.872. The molecule has 2 atom stereocenters. The summed E-state index contributed by atoms with van der Waals surface area (Å²) in [7, 11) is 0. The highest BCUT2D eigenvalue weighted by atomic mass is 16.4. The molecule has 0 amide bonds. The summed E-state index contributed by atoms with van der Waals surface area (Å²) in [5.41, 5.74) is 1.19. The minimum absolute atomic E-state index is 0.226. The van der Waals surface area contributed by atoms with Crippen molar-refractivity contribution in [1.82, 2.24) is 5.32 Å². The lowest BCUT2D eigenvalue weighted by Crippen LogP contribution is -2.40. The highest BCUT2D eigenvalue weighted by Crippen LogP contribution is 2.21. The molecule has 0 bridgehead atoms. The molecule has 0 radical (unpaired) electrons. The molecule has 4 nitrogen and oxygen atoms in total. The molecule has 1 fully saturated rings. The largest absolute Gasteiger partial charge is 0.481 e. The van der Waals surface area contributed by atoms with E-state index in [-0.39, 0.29) is 12.5 Å². The Morgan fingerprint density at radius 1 is 1.42 bits per heavy atom. The second-order valence-electron chi connectivity index (χ2n) is 5.21. The first-order chi connectivity index (χ1) is 9.16. The van der Waals surface area contributed by atoms with Gasteiger partial charge in [0, 0.05) is 37.3 Å². The number of hydrogen-bond donors (Lipinski definition) is 2. The minimum Gasteiger partial charge on any atom is -0.481 e. The Hall–Kier alpha value is -1.55. The van der Waals surface area contributed by atoms with E-state index < -0.39 is 5.97 Å². The van der Waals surface area contributed by atoms with Gasteiger partial charge >= 0.3 is 5.97 Å². The summed E-state index contributed by atoms with van der Waals surface area (Å²) < 4.78 is 0. The third kappa shape index (κ3) is 3.96. The van der Waals surface area contributed by atoms with Crippen LogP contribution in [0.25, 0.3) is 0 Å². The summed E-state index contributed by atoms with van der Waals surface area (Å²) in [4.78, 5) is 13.1. The average molecular weight is 262 g/mol. The van der Waals surface area contributed by atoms with Crippen LogP contribution >= 0.6 is 0 Å². The van der Waals surface area contributed by atoms with Crippen LogP contribution in [0.3, 0.4) is 0 Å². The number of aliphatic carboxylic acids is 1. The van der Waals surface area contributed by atoms with Gasteiger partial charge in [0.2, 0.25) is 0 Å². The van der Waals surface area contributed by atoms with E-state index >= 15 is 0 Å². The first kappa shape index (κ1) is 13.9. The van der Waals surface area contributed by atoms with Crippen LogP contribution in [-0.2, 0) is 4.79 Å². The van der Waals surface area contributed by atoms with Crippen molar-refractivity contribution in [3.05, 3.63) is 30.3 Å². The SMILES string of the molecule is CC1CCN(c2ccccc2)C(CCC(=O)O)CN1. The van der Waals surface area contributed by atoms with Crippen molar-refractivity contribution in [1.29, 1.82) is 0 Å². The molecule has 0 spiro atoms. The maximum absolute atomic E-state index is 10.8. The summed E-state index contributed by atoms with van der Waals surface area (Å²) in [6, 6.07) is 11.0. The van der Waals surface area contributed by atoms with Gasteiger partial charge in [0.05, 0.1) is 0 Å². The third-order valence-corrected chi connectivity index (χ3v) is 3.72. The predicted octanol–water partition coefficient (Wildman–Crippen LogP) is 2.11. The van der Waals surface area contributed by atoms with Gasteiger partial charge in [-0.05, 0) is 31.9 Å². The molecule has 0 saturated carbocycles. The molecule has 19 heavy (non-hydrogen) atoms. The Labute approximate surface area is 114 Å². The molecule has 2 rings (SSSR count). The number of nitrogens with zero attached hydrogens (tertiary/aromatic N) is 1. The zero-order valence-electron chi connectivity index (χ0n) is 11.4. The van der Waals surface area contributed by atoms with Crippen LogP contribution in [0.1, 0.15) is 26.2 Å². The third-order valence-electron chi connectivity index (χ3n) is 3.72. The molecule has 1 saturated heterocycles. The van der Waals surface area contributed by atoms with Crippen molar-refractivity contribution in [2.24, 2.45) is 0 Å². The highest BCUT2D eigenvalue weighted by Gasteiger charge is 2.23. The molecule has 0 aliphatic carbocycles. The Morgan fingerprint density at radius 2 is 2.16 bits per heavy atom. The summed E-state index contributed by atoms with van der Waals surface area (Å²) in [6.45, 7) is 4.01. The number of benzene rings is 1. The Balaban J connectivity index is 2.12. The molecular weight excluding hydrogens is 240 g/mol. The van der Waals surface area contributed by atoms with Crippen molar-refractivity contribution >= 4 is 11.7 Å². The molecule has 1 aromatic carbocycles. The zero-order valence-corrected chi connectivity index (χ0v) is 11.4. The van der Waals surface area contributed by atoms with E-state index in [0.29, 0.717) is 12.5 Å². The van der Waals surface area contributed by atoms with E-state index in [9.17, 15) is 4.79 Å². The van der Waals surface area contributed by atoms with Gasteiger partial charge in [-0.25, -0.2) is 0 Å². The Morgan fingerprint density at radius 3 is 2.84 bits per heavy atom. The van der Waals surface area contributed by atoms with E-state index in [1.54, 1.807) is 0 Å². The van der Waals surface area contributed by atoms with Gasteiger partial charge in [-0.2, -0.15) is 0 Å². The number of nitrogens with one attached hydrogen (secondary N) is 1. The second-order valence-corrected chi connectivity index (χ2v) is 5.21. The normalized spacial score (nSPS) is 23.9. The molecule has 2 unspecified atom stereocenters. The number of rotatable bonds is 4. The monoisotopic (exact) mass is 262 g/mol. The molecule has 2 N–H and O–H groups in total. The van der Waals surface area contributed by atoms with Crippen LogP contribution in [0.4, 0.5) is 5.69 Å². The average Bonchev–Trinajstić information content (AvgIpc) is 2.59. The fourth-order valence-electron chi connectivity index (χ4n) is 2.57. The Bertz CT molecular complexity index is 408. The van der Waals surface area contributed by atoms with Crippen LogP contribution in [0.15, 0.2) is 30.3 Å². The molecule has 0 aromatic heterocycles. The van der Waals surface area contributed by atoms with Gasteiger partial charge in [-0.1, -0.05) is 18.2 Å². The van der Waals surface area contributed by atoms with E-state index in [4.69, 9.17) is 5.11 Å². The number of para-hydroxylation sites is 1. The highest BCUT2D eigenvalue weighted by molar-refractivity contribution is 5.66. The van der Waals surface area contributed by atoms with Gasteiger partial charge in [0.15, 0.2) is 0 Å². The van der Waals surface area contributed by atoms with E-state index in [0.717, 1.165) is 19.5 Å². The van der Waals surface area contributed by atoms with Gasteiger partial charge in [0.25, 0.3) is 0 Å². The summed E-state index contributed by atoms with van der Waals surface area (Å²) in [5.74, 6) is -0.717. The van der Waals surface area contributed by atoms with Gasteiger partial charge in [0.1, 0.15) is 0 Å².